The minimum Gasteiger partial charge on any atom is -0.385 e. The Morgan fingerprint density at radius 3 is 1.27 bits per heavy atom. The summed E-state index contributed by atoms with van der Waals surface area (Å²) in [5, 5.41) is 3.44. The van der Waals surface area contributed by atoms with Gasteiger partial charge in [-0.1, -0.05) is 103 Å². The molecule has 0 aliphatic carbocycles. The van der Waals surface area contributed by atoms with Crippen molar-refractivity contribution in [1.29, 1.82) is 0 Å². The second-order valence-corrected chi connectivity index (χ2v) is 13.0. The zero-order valence-electron chi connectivity index (χ0n) is 28.4. The SMILES string of the molecule is CCNc1ccc(-c2c3nc(c(-c4ccccc4)c4ccc([nH]4)c(-c4ccccc4)c4nc(c(-c5ccccc5)c5[nH]c2CC5)C=C4)C=C3)cc1. The standard InChI is InChI=1S/C46H37N5/c1-2-47-34-20-18-33(19-21-34)46-41-28-26-39(50-41)44(31-14-8-4-9-15-31)37-24-22-35(48-37)43(30-12-6-3-7-13-30)36-23-25-38(49-36)45(32-16-10-5-11-17-32)40-27-29-42(46)51-40/h3-26,28,47-48,51H,2,27,29H2,1H3. The predicted octanol–water partition coefficient (Wildman–Crippen LogP) is 11.3. The molecule has 3 N–H and O–H groups in total. The van der Waals surface area contributed by atoms with Crippen molar-refractivity contribution in [3.63, 3.8) is 0 Å². The molecule has 4 aromatic carbocycles. The molecule has 0 amide bonds. The van der Waals surface area contributed by atoms with Gasteiger partial charge in [0.2, 0.25) is 0 Å². The number of aryl methyl sites for hydroxylation is 2. The number of nitrogens with one attached hydrogen (secondary N) is 3. The molecule has 0 unspecified atom stereocenters. The average molecular weight is 660 g/mol. The molecule has 0 spiro atoms. The van der Waals surface area contributed by atoms with E-state index < -0.39 is 0 Å². The Bertz CT molecular complexity index is 2500. The summed E-state index contributed by atoms with van der Waals surface area (Å²) in [6.07, 6.45) is 10.4. The molecule has 246 valence electrons. The number of anilines is 1. The molecule has 2 aromatic heterocycles. The number of fused-ring (bicyclic) bond motifs is 8. The van der Waals surface area contributed by atoms with Crippen molar-refractivity contribution >= 4 is 41.0 Å². The topological polar surface area (TPSA) is 69.4 Å². The highest BCUT2D eigenvalue weighted by atomic mass is 14.8. The van der Waals surface area contributed by atoms with Gasteiger partial charge in [0.05, 0.1) is 22.8 Å². The fourth-order valence-electron chi connectivity index (χ4n) is 7.51. The third kappa shape index (κ3) is 5.73. The van der Waals surface area contributed by atoms with Crippen molar-refractivity contribution in [3.8, 4) is 44.5 Å². The first-order chi connectivity index (χ1) is 25.2. The van der Waals surface area contributed by atoms with Crippen LogP contribution in [0.3, 0.4) is 0 Å². The van der Waals surface area contributed by atoms with Crippen LogP contribution in [0.2, 0.25) is 0 Å². The molecule has 0 radical (unpaired) electrons. The van der Waals surface area contributed by atoms with E-state index >= 15 is 0 Å². The van der Waals surface area contributed by atoms with Crippen LogP contribution in [0.5, 0.6) is 0 Å². The highest BCUT2D eigenvalue weighted by Crippen LogP contribution is 2.39. The van der Waals surface area contributed by atoms with Crippen LogP contribution < -0.4 is 5.32 Å². The predicted molar refractivity (Wildman–Crippen MR) is 213 cm³/mol. The molecular formula is C46H37N5. The highest BCUT2D eigenvalue weighted by Gasteiger charge is 2.22. The molecule has 51 heavy (non-hydrogen) atoms. The number of H-pyrrole nitrogens is 2. The van der Waals surface area contributed by atoms with Crippen LogP contribution in [-0.4, -0.2) is 26.5 Å². The summed E-state index contributed by atoms with van der Waals surface area (Å²) in [4.78, 5) is 18.6. The highest BCUT2D eigenvalue weighted by molar-refractivity contribution is 5.96. The summed E-state index contributed by atoms with van der Waals surface area (Å²) < 4.78 is 0. The summed E-state index contributed by atoms with van der Waals surface area (Å²) in [5.74, 6) is 0. The number of nitrogens with zero attached hydrogens (tertiary/aromatic N) is 2. The number of aromatic amines is 2. The van der Waals surface area contributed by atoms with Crippen molar-refractivity contribution in [3.05, 3.63) is 162 Å². The number of hydrogen-bond donors (Lipinski definition) is 3. The molecule has 3 aliphatic heterocycles. The van der Waals surface area contributed by atoms with Gasteiger partial charge >= 0.3 is 0 Å². The molecule has 3 aliphatic rings. The second-order valence-electron chi connectivity index (χ2n) is 13.0. The van der Waals surface area contributed by atoms with Crippen LogP contribution >= 0.6 is 0 Å². The Morgan fingerprint density at radius 2 is 0.843 bits per heavy atom. The van der Waals surface area contributed by atoms with Crippen LogP contribution in [0, 0.1) is 0 Å². The maximum absolute atomic E-state index is 5.43. The summed E-state index contributed by atoms with van der Waals surface area (Å²) >= 11 is 0. The van der Waals surface area contributed by atoms with Crippen molar-refractivity contribution in [1.82, 2.24) is 19.9 Å². The first kappa shape index (κ1) is 30.6. The van der Waals surface area contributed by atoms with Gasteiger partial charge in [-0.15, -0.1) is 0 Å². The molecule has 5 heteroatoms. The molecule has 9 rings (SSSR count). The maximum atomic E-state index is 5.43. The van der Waals surface area contributed by atoms with Crippen LogP contribution in [0.25, 0.3) is 79.8 Å². The minimum atomic E-state index is 0.863. The van der Waals surface area contributed by atoms with Crippen LogP contribution in [-0.2, 0) is 12.8 Å². The summed E-state index contributed by atoms with van der Waals surface area (Å²) in [6, 6.07) is 44.9. The average Bonchev–Trinajstić information content (AvgIpc) is 4.02. The molecule has 0 saturated carbocycles. The van der Waals surface area contributed by atoms with E-state index in [0.29, 0.717) is 0 Å². The summed E-state index contributed by atoms with van der Waals surface area (Å²) in [7, 11) is 0. The summed E-state index contributed by atoms with van der Waals surface area (Å²) in [6.45, 7) is 3.00. The quantitative estimate of drug-likeness (QED) is 0.166. The normalized spacial score (nSPS) is 12.6. The lowest BCUT2D eigenvalue weighted by molar-refractivity contribution is 1.02. The smallest absolute Gasteiger partial charge is 0.0737 e. The van der Waals surface area contributed by atoms with E-state index in [4.69, 9.17) is 9.97 Å². The molecule has 0 saturated heterocycles. The van der Waals surface area contributed by atoms with E-state index in [2.05, 4.69) is 174 Å². The third-order valence-corrected chi connectivity index (χ3v) is 9.80. The lowest BCUT2D eigenvalue weighted by Crippen LogP contribution is -1.96. The van der Waals surface area contributed by atoms with Gasteiger partial charge < -0.3 is 15.3 Å². The first-order valence-electron chi connectivity index (χ1n) is 17.7. The summed E-state index contributed by atoms with van der Waals surface area (Å²) in [5.41, 5.74) is 18.0. The van der Waals surface area contributed by atoms with Gasteiger partial charge in [0, 0.05) is 56.9 Å². The Hall–Kier alpha value is -6.46. The Kier molecular flexibility index (Phi) is 7.86. The van der Waals surface area contributed by atoms with Crippen LogP contribution in [0.1, 0.15) is 41.1 Å². The van der Waals surface area contributed by atoms with Gasteiger partial charge in [-0.25, -0.2) is 9.97 Å². The van der Waals surface area contributed by atoms with E-state index in [1.54, 1.807) is 0 Å². The van der Waals surface area contributed by atoms with E-state index in [-0.39, 0.29) is 0 Å². The monoisotopic (exact) mass is 659 g/mol. The van der Waals surface area contributed by atoms with Crippen molar-refractivity contribution in [2.24, 2.45) is 0 Å². The van der Waals surface area contributed by atoms with Gasteiger partial charge in [-0.05, 0) is 90.6 Å². The molecule has 0 fully saturated rings. The number of benzene rings is 4. The van der Waals surface area contributed by atoms with Crippen molar-refractivity contribution in [2.75, 3.05) is 11.9 Å². The minimum absolute atomic E-state index is 0.863. The fourth-order valence-corrected chi connectivity index (χ4v) is 7.51. The van der Waals surface area contributed by atoms with E-state index in [1.165, 1.54) is 5.69 Å². The largest absolute Gasteiger partial charge is 0.385 e. The number of aromatic nitrogens is 4. The maximum Gasteiger partial charge on any atom is 0.0737 e. The van der Waals surface area contributed by atoms with Gasteiger partial charge in [0.1, 0.15) is 0 Å². The van der Waals surface area contributed by atoms with E-state index in [1.807, 2.05) is 0 Å². The molecule has 0 atom stereocenters. The molecule has 8 bridgehead atoms. The van der Waals surface area contributed by atoms with E-state index in [9.17, 15) is 0 Å². The fraction of sp³-hybridized carbons (Fsp3) is 0.0870. The van der Waals surface area contributed by atoms with Gasteiger partial charge in [0.15, 0.2) is 0 Å². The van der Waals surface area contributed by atoms with Crippen molar-refractivity contribution < 1.29 is 0 Å². The molecular weight excluding hydrogens is 623 g/mol. The zero-order valence-corrected chi connectivity index (χ0v) is 28.4. The third-order valence-electron chi connectivity index (χ3n) is 9.80. The second kappa shape index (κ2) is 13.1. The van der Waals surface area contributed by atoms with Crippen LogP contribution in [0.4, 0.5) is 5.69 Å². The molecule has 5 nitrogen and oxygen atoms in total. The molecule has 6 aromatic rings. The van der Waals surface area contributed by atoms with Gasteiger partial charge in [0.25, 0.3) is 0 Å². The Balaban J connectivity index is 1.44. The number of rotatable bonds is 6. The van der Waals surface area contributed by atoms with Crippen molar-refractivity contribution in [2.45, 2.75) is 19.8 Å². The van der Waals surface area contributed by atoms with Gasteiger partial charge in [-0.2, -0.15) is 0 Å². The van der Waals surface area contributed by atoms with E-state index in [0.717, 1.165) is 109 Å². The molecule has 5 heterocycles. The van der Waals surface area contributed by atoms with Gasteiger partial charge in [-0.3, -0.25) is 0 Å². The Labute approximate surface area is 297 Å². The Morgan fingerprint density at radius 1 is 0.451 bits per heavy atom. The zero-order chi connectivity index (χ0) is 34.1. The lowest BCUT2D eigenvalue weighted by Gasteiger charge is -2.09. The first-order valence-corrected chi connectivity index (χ1v) is 17.7. The lowest BCUT2D eigenvalue weighted by atomic mass is 9.99. The number of hydrogen-bond acceptors (Lipinski definition) is 3. The van der Waals surface area contributed by atoms with Crippen LogP contribution in [0.15, 0.2) is 127 Å².